The molecule has 1 fully saturated rings. The zero-order valence-corrected chi connectivity index (χ0v) is 15.5. The first-order valence-electron chi connectivity index (χ1n) is 8.07. The molecule has 1 N–H and O–H groups in total. The number of benzene rings is 1. The van der Waals surface area contributed by atoms with Crippen molar-refractivity contribution in [1.82, 2.24) is 4.72 Å². The number of hydrogen-bond donors (Lipinski definition) is 1. The second-order valence-electron chi connectivity index (χ2n) is 6.17. The van der Waals surface area contributed by atoms with Crippen LogP contribution in [0.3, 0.4) is 0 Å². The van der Waals surface area contributed by atoms with E-state index in [4.69, 9.17) is 4.74 Å². The number of nitrogens with one attached hydrogen (secondary N) is 1. The Kier molecular flexibility index (Phi) is 5.19. The summed E-state index contributed by atoms with van der Waals surface area (Å²) in [6.07, 6.45) is 1.79. The molecule has 1 aromatic carbocycles. The highest BCUT2D eigenvalue weighted by molar-refractivity contribution is 8.00. The average Bonchev–Trinajstić information content (AvgIpc) is 3.05. The van der Waals surface area contributed by atoms with Gasteiger partial charge in [-0.3, -0.25) is 4.79 Å². The van der Waals surface area contributed by atoms with Gasteiger partial charge >= 0.3 is 0 Å². The average molecular weight is 370 g/mol. The summed E-state index contributed by atoms with van der Waals surface area (Å²) in [5.74, 6) is -0.0785. The van der Waals surface area contributed by atoms with Crippen LogP contribution in [-0.2, 0) is 19.6 Å². The van der Waals surface area contributed by atoms with Gasteiger partial charge in [0.2, 0.25) is 15.9 Å². The number of sulfonamides is 1. The molecule has 6 nitrogen and oxygen atoms in total. The molecule has 2 heterocycles. The minimum Gasteiger partial charge on any atom is -0.377 e. The van der Waals surface area contributed by atoms with E-state index >= 15 is 0 Å². The molecule has 0 aromatic heterocycles. The summed E-state index contributed by atoms with van der Waals surface area (Å²) in [5, 5.41) is 0.279. The summed E-state index contributed by atoms with van der Waals surface area (Å²) >= 11 is 1.66. The molecule has 8 heteroatoms. The van der Waals surface area contributed by atoms with Crippen LogP contribution in [0.15, 0.2) is 28.0 Å². The monoisotopic (exact) mass is 370 g/mol. The molecule has 2 aliphatic heterocycles. The van der Waals surface area contributed by atoms with Crippen LogP contribution in [0.2, 0.25) is 0 Å². The Hall–Kier alpha value is -1.09. The van der Waals surface area contributed by atoms with Crippen LogP contribution in [0.1, 0.15) is 26.7 Å². The molecule has 1 amide bonds. The first-order chi connectivity index (χ1) is 11.4. The van der Waals surface area contributed by atoms with Gasteiger partial charge in [-0.1, -0.05) is 6.92 Å². The molecule has 0 radical (unpaired) electrons. The van der Waals surface area contributed by atoms with Crippen molar-refractivity contribution in [3.63, 3.8) is 0 Å². The van der Waals surface area contributed by atoms with E-state index in [1.165, 1.54) is 6.92 Å². The quantitative estimate of drug-likeness (QED) is 0.877. The lowest BCUT2D eigenvalue weighted by atomic mass is 10.2. The van der Waals surface area contributed by atoms with Gasteiger partial charge in [-0.15, -0.1) is 11.8 Å². The molecular formula is C16H22N2O4S2. The highest BCUT2D eigenvalue weighted by Crippen LogP contribution is 2.39. The second-order valence-corrected chi connectivity index (χ2v) is 9.42. The Morgan fingerprint density at radius 2 is 2.25 bits per heavy atom. The summed E-state index contributed by atoms with van der Waals surface area (Å²) in [7, 11) is -3.62. The molecule has 2 aliphatic rings. The van der Waals surface area contributed by atoms with Crippen LogP contribution in [-0.4, -0.2) is 45.4 Å². The number of anilines is 1. The minimum absolute atomic E-state index is 0.0532. The predicted molar refractivity (Wildman–Crippen MR) is 94.0 cm³/mol. The number of carbonyl (C=O) groups excluding carboxylic acids is 1. The van der Waals surface area contributed by atoms with E-state index in [2.05, 4.69) is 11.6 Å². The van der Waals surface area contributed by atoms with Gasteiger partial charge in [0.25, 0.3) is 0 Å². The molecule has 3 rings (SSSR count). The summed E-state index contributed by atoms with van der Waals surface area (Å²) in [6, 6.07) is 4.97. The molecule has 24 heavy (non-hydrogen) atoms. The third-order valence-corrected chi connectivity index (χ3v) is 6.78. The van der Waals surface area contributed by atoms with Crippen LogP contribution < -0.4 is 9.62 Å². The lowest BCUT2D eigenvalue weighted by Gasteiger charge is -2.32. The van der Waals surface area contributed by atoms with Crippen molar-refractivity contribution in [2.75, 3.05) is 24.6 Å². The normalized spacial score (nSPS) is 24.0. The molecule has 0 saturated carbocycles. The maximum Gasteiger partial charge on any atom is 0.240 e. The van der Waals surface area contributed by atoms with Crippen molar-refractivity contribution in [2.45, 2.75) is 47.8 Å². The van der Waals surface area contributed by atoms with Crippen LogP contribution in [0, 0.1) is 0 Å². The number of amides is 1. The number of carbonyl (C=O) groups is 1. The fourth-order valence-electron chi connectivity index (χ4n) is 2.97. The Morgan fingerprint density at radius 3 is 2.92 bits per heavy atom. The minimum atomic E-state index is -3.62. The van der Waals surface area contributed by atoms with Crippen LogP contribution in [0.4, 0.5) is 5.69 Å². The molecule has 0 aliphatic carbocycles. The third kappa shape index (κ3) is 3.77. The zero-order valence-electron chi connectivity index (χ0n) is 13.8. The maximum atomic E-state index is 12.5. The summed E-state index contributed by atoms with van der Waals surface area (Å²) in [4.78, 5) is 14.7. The van der Waals surface area contributed by atoms with Gasteiger partial charge in [0.15, 0.2) is 0 Å². The van der Waals surface area contributed by atoms with Crippen LogP contribution in [0.5, 0.6) is 0 Å². The third-order valence-electron chi connectivity index (χ3n) is 4.20. The molecule has 0 unspecified atom stereocenters. The topological polar surface area (TPSA) is 75.7 Å². The predicted octanol–water partition coefficient (Wildman–Crippen LogP) is 1.99. The van der Waals surface area contributed by atoms with E-state index < -0.39 is 10.0 Å². The first kappa shape index (κ1) is 17.7. The zero-order chi connectivity index (χ0) is 17.3. The van der Waals surface area contributed by atoms with Gasteiger partial charge in [-0.2, -0.15) is 0 Å². The number of nitrogens with zero attached hydrogens (tertiary/aromatic N) is 1. The fourth-order valence-corrected chi connectivity index (χ4v) is 5.15. The Morgan fingerprint density at radius 1 is 1.46 bits per heavy atom. The smallest absolute Gasteiger partial charge is 0.240 e. The van der Waals surface area contributed by atoms with Crippen LogP contribution in [0.25, 0.3) is 0 Å². The van der Waals surface area contributed by atoms with E-state index in [1.807, 2.05) is 0 Å². The number of ether oxygens (including phenoxy) is 1. The number of thioether (sulfide) groups is 1. The van der Waals surface area contributed by atoms with E-state index in [-0.39, 0.29) is 28.7 Å². The molecule has 132 valence electrons. The Balaban J connectivity index is 1.83. The Bertz CT molecular complexity index is 730. The van der Waals surface area contributed by atoms with Crippen molar-refractivity contribution < 1.29 is 17.9 Å². The second kappa shape index (κ2) is 7.03. The van der Waals surface area contributed by atoms with Crippen molar-refractivity contribution in [3.8, 4) is 0 Å². The van der Waals surface area contributed by atoms with E-state index in [0.717, 1.165) is 17.7 Å². The van der Waals surface area contributed by atoms with Gasteiger partial charge in [-0.05, 0) is 31.0 Å². The number of fused-ring (bicyclic) bond motifs is 1. The molecule has 1 saturated heterocycles. The van der Waals surface area contributed by atoms with Gasteiger partial charge < -0.3 is 9.64 Å². The Labute approximate surface area is 147 Å². The lowest BCUT2D eigenvalue weighted by Crippen LogP contribution is -2.37. The summed E-state index contributed by atoms with van der Waals surface area (Å²) < 4.78 is 33.1. The van der Waals surface area contributed by atoms with Crippen molar-refractivity contribution >= 4 is 33.4 Å². The fraction of sp³-hybridized carbons (Fsp3) is 0.562. The largest absolute Gasteiger partial charge is 0.377 e. The lowest BCUT2D eigenvalue weighted by molar-refractivity contribution is -0.116. The van der Waals surface area contributed by atoms with E-state index in [1.54, 1.807) is 34.9 Å². The van der Waals surface area contributed by atoms with Crippen molar-refractivity contribution in [1.29, 1.82) is 0 Å². The molecular weight excluding hydrogens is 348 g/mol. The SMILES string of the molecule is CC(=O)N1C[C@H](C)Sc2ccc(S(=O)(=O)NC[C@H]3CCCO3)cc21. The standard InChI is InChI=1S/C16H22N2O4S2/c1-11-10-18(12(2)19)15-8-14(5-6-16(15)23-11)24(20,21)17-9-13-4-3-7-22-13/h5-6,8,11,13,17H,3-4,7,9-10H2,1-2H3/t11-,13+/m0/s1. The van der Waals surface area contributed by atoms with E-state index in [0.29, 0.717) is 18.8 Å². The van der Waals surface area contributed by atoms with Crippen molar-refractivity contribution in [3.05, 3.63) is 18.2 Å². The van der Waals surface area contributed by atoms with Crippen LogP contribution >= 0.6 is 11.8 Å². The van der Waals surface area contributed by atoms with Crippen molar-refractivity contribution in [2.24, 2.45) is 0 Å². The summed E-state index contributed by atoms with van der Waals surface area (Å²) in [5.41, 5.74) is 0.672. The molecule has 1 aromatic rings. The van der Waals surface area contributed by atoms with Gasteiger partial charge in [0.1, 0.15) is 0 Å². The number of hydrogen-bond acceptors (Lipinski definition) is 5. The van der Waals surface area contributed by atoms with Gasteiger partial charge in [0, 0.05) is 36.8 Å². The summed E-state index contributed by atoms with van der Waals surface area (Å²) in [6.45, 7) is 5.11. The first-order valence-corrected chi connectivity index (χ1v) is 10.4. The molecule has 2 atom stereocenters. The van der Waals surface area contributed by atoms with Gasteiger partial charge in [0.05, 0.1) is 16.7 Å². The van der Waals surface area contributed by atoms with Gasteiger partial charge in [-0.25, -0.2) is 13.1 Å². The van der Waals surface area contributed by atoms with E-state index in [9.17, 15) is 13.2 Å². The number of rotatable bonds is 4. The molecule has 0 bridgehead atoms. The highest BCUT2D eigenvalue weighted by Gasteiger charge is 2.27. The maximum absolute atomic E-state index is 12.5. The highest BCUT2D eigenvalue weighted by atomic mass is 32.2. The molecule has 0 spiro atoms.